The van der Waals surface area contributed by atoms with E-state index < -0.39 is 0 Å². The lowest BCUT2D eigenvalue weighted by Gasteiger charge is -2.25. The highest BCUT2D eigenvalue weighted by molar-refractivity contribution is 6.20. The second-order valence-electron chi connectivity index (χ2n) is 6.41. The van der Waals surface area contributed by atoms with Gasteiger partial charge in [0.2, 0.25) is 0 Å². The molecule has 0 radical (unpaired) electrons. The maximum atomic E-state index is 6.28. The van der Waals surface area contributed by atoms with Crippen molar-refractivity contribution in [3.05, 3.63) is 18.0 Å². The van der Waals surface area contributed by atoms with E-state index in [2.05, 4.69) is 16.9 Å². The normalized spacial score (nSPS) is 29.5. The van der Waals surface area contributed by atoms with Crippen molar-refractivity contribution in [2.75, 3.05) is 0 Å². The molecular weight excluding hydrogens is 256 g/mol. The minimum Gasteiger partial charge on any atom is -0.269 e. The molecule has 3 heteroatoms. The van der Waals surface area contributed by atoms with E-state index in [1.54, 1.807) is 0 Å². The fourth-order valence-electron chi connectivity index (χ4n) is 3.74. The van der Waals surface area contributed by atoms with Crippen LogP contribution in [0.25, 0.3) is 0 Å². The molecule has 0 saturated heterocycles. The lowest BCUT2D eigenvalue weighted by Crippen LogP contribution is -2.18. The van der Waals surface area contributed by atoms with E-state index in [1.807, 2.05) is 0 Å². The molecule has 2 aliphatic rings. The van der Waals surface area contributed by atoms with Crippen LogP contribution in [0.1, 0.15) is 69.5 Å². The first kappa shape index (κ1) is 13.5. The number of alkyl halides is 1. The van der Waals surface area contributed by atoms with Crippen molar-refractivity contribution >= 4 is 11.6 Å². The molecule has 2 unspecified atom stereocenters. The summed E-state index contributed by atoms with van der Waals surface area (Å²) in [6, 6.07) is 2.89. The van der Waals surface area contributed by atoms with Crippen LogP contribution < -0.4 is 0 Å². The summed E-state index contributed by atoms with van der Waals surface area (Å²) in [6.07, 6.45) is 15.1. The molecule has 0 aliphatic heterocycles. The van der Waals surface area contributed by atoms with Crippen LogP contribution in [-0.2, 0) is 6.42 Å². The van der Waals surface area contributed by atoms with Gasteiger partial charge in [0.25, 0.3) is 0 Å². The van der Waals surface area contributed by atoms with E-state index in [-0.39, 0.29) is 0 Å². The van der Waals surface area contributed by atoms with Gasteiger partial charge >= 0.3 is 0 Å². The summed E-state index contributed by atoms with van der Waals surface area (Å²) in [6.45, 7) is 0. The molecule has 0 aromatic carbocycles. The highest BCUT2D eigenvalue weighted by Crippen LogP contribution is 2.31. The molecule has 0 spiro atoms. The van der Waals surface area contributed by atoms with Gasteiger partial charge in [-0.3, -0.25) is 4.68 Å². The fourth-order valence-corrected chi connectivity index (χ4v) is 4.15. The van der Waals surface area contributed by atoms with Crippen LogP contribution in [0.4, 0.5) is 0 Å². The van der Waals surface area contributed by atoms with E-state index in [0.717, 1.165) is 12.3 Å². The zero-order valence-electron chi connectivity index (χ0n) is 11.7. The topological polar surface area (TPSA) is 17.8 Å². The van der Waals surface area contributed by atoms with Crippen molar-refractivity contribution in [1.82, 2.24) is 9.78 Å². The standard InChI is InChI=1S/C16H25ClN2/c17-14-6-4-5-13(11-14)12-15-9-10-19(18-15)16-7-2-1-3-8-16/h9-10,13-14,16H,1-8,11-12H2. The van der Waals surface area contributed by atoms with E-state index >= 15 is 0 Å². The van der Waals surface area contributed by atoms with Crippen LogP contribution >= 0.6 is 11.6 Å². The number of rotatable bonds is 3. The van der Waals surface area contributed by atoms with Crippen molar-refractivity contribution in [1.29, 1.82) is 0 Å². The third kappa shape index (κ3) is 3.53. The summed E-state index contributed by atoms with van der Waals surface area (Å²) < 4.78 is 2.23. The van der Waals surface area contributed by atoms with Crippen molar-refractivity contribution in [3.63, 3.8) is 0 Å². The monoisotopic (exact) mass is 280 g/mol. The summed E-state index contributed by atoms with van der Waals surface area (Å²) in [5, 5.41) is 5.23. The number of nitrogens with zero attached hydrogens (tertiary/aromatic N) is 2. The number of hydrogen-bond acceptors (Lipinski definition) is 1. The summed E-state index contributed by atoms with van der Waals surface area (Å²) >= 11 is 6.28. The van der Waals surface area contributed by atoms with Gasteiger partial charge in [0.15, 0.2) is 0 Å². The van der Waals surface area contributed by atoms with E-state index in [0.29, 0.717) is 11.4 Å². The van der Waals surface area contributed by atoms with Gasteiger partial charge in [-0.05, 0) is 50.5 Å². The van der Waals surface area contributed by atoms with Crippen LogP contribution in [0.15, 0.2) is 12.3 Å². The van der Waals surface area contributed by atoms with Gasteiger partial charge < -0.3 is 0 Å². The van der Waals surface area contributed by atoms with Crippen LogP contribution in [0.2, 0.25) is 0 Å². The lowest BCUT2D eigenvalue weighted by atomic mass is 9.86. The van der Waals surface area contributed by atoms with Crippen LogP contribution in [0, 0.1) is 5.92 Å². The van der Waals surface area contributed by atoms with Crippen molar-refractivity contribution in [3.8, 4) is 0 Å². The Hall–Kier alpha value is -0.500. The molecule has 2 atom stereocenters. The number of aromatic nitrogens is 2. The lowest BCUT2D eigenvalue weighted by molar-refractivity contribution is 0.323. The predicted octanol–water partition coefficient (Wildman–Crippen LogP) is 4.73. The first-order valence-corrected chi connectivity index (χ1v) is 8.43. The third-order valence-corrected chi connectivity index (χ3v) is 5.23. The molecule has 1 aromatic rings. The Morgan fingerprint density at radius 2 is 1.95 bits per heavy atom. The predicted molar refractivity (Wildman–Crippen MR) is 79.7 cm³/mol. The fraction of sp³-hybridized carbons (Fsp3) is 0.812. The molecule has 2 fully saturated rings. The van der Waals surface area contributed by atoms with Crippen molar-refractivity contribution in [2.45, 2.75) is 75.6 Å². The van der Waals surface area contributed by atoms with E-state index in [4.69, 9.17) is 16.7 Å². The van der Waals surface area contributed by atoms with Gasteiger partial charge in [-0.2, -0.15) is 5.10 Å². The SMILES string of the molecule is ClC1CCCC(Cc2ccn(C3CCCCC3)n2)C1. The molecule has 2 aliphatic carbocycles. The molecule has 2 nitrogen and oxygen atoms in total. The zero-order valence-corrected chi connectivity index (χ0v) is 12.5. The molecule has 0 bridgehead atoms. The Morgan fingerprint density at radius 3 is 2.74 bits per heavy atom. The highest BCUT2D eigenvalue weighted by Gasteiger charge is 2.22. The van der Waals surface area contributed by atoms with Crippen molar-refractivity contribution in [2.24, 2.45) is 5.92 Å². The van der Waals surface area contributed by atoms with Crippen molar-refractivity contribution < 1.29 is 0 Å². The van der Waals surface area contributed by atoms with Gasteiger partial charge in [-0.15, -0.1) is 11.6 Å². The molecule has 106 valence electrons. The summed E-state index contributed by atoms with van der Waals surface area (Å²) in [5.41, 5.74) is 1.28. The maximum absolute atomic E-state index is 6.28. The average Bonchev–Trinajstić information content (AvgIpc) is 2.88. The molecule has 0 amide bonds. The van der Waals surface area contributed by atoms with Crippen LogP contribution in [0.5, 0.6) is 0 Å². The molecule has 0 N–H and O–H groups in total. The van der Waals surface area contributed by atoms with Gasteiger partial charge in [0, 0.05) is 11.6 Å². The largest absolute Gasteiger partial charge is 0.269 e. The molecule has 3 rings (SSSR count). The maximum Gasteiger partial charge on any atom is 0.0627 e. The van der Waals surface area contributed by atoms with Gasteiger partial charge in [-0.25, -0.2) is 0 Å². The first-order chi connectivity index (χ1) is 9.31. The van der Waals surface area contributed by atoms with Crippen LogP contribution in [0.3, 0.4) is 0 Å². The highest BCUT2D eigenvalue weighted by atomic mass is 35.5. The van der Waals surface area contributed by atoms with Gasteiger partial charge in [0.1, 0.15) is 0 Å². The molecule has 1 heterocycles. The van der Waals surface area contributed by atoms with Gasteiger partial charge in [0.05, 0.1) is 11.7 Å². The van der Waals surface area contributed by atoms with E-state index in [9.17, 15) is 0 Å². The Bertz CT molecular complexity index is 395. The number of halogens is 1. The first-order valence-electron chi connectivity index (χ1n) is 7.99. The second-order valence-corrected chi connectivity index (χ2v) is 7.03. The summed E-state index contributed by atoms with van der Waals surface area (Å²) in [7, 11) is 0. The average molecular weight is 281 g/mol. The third-order valence-electron chi connectivity index (χ3n) is 4.83. The zero-order chi connectivity index (χ0) is 13.1. The van der Waals surface area contributed by atoms with Gasteiger partial charge in [-0.1, -0.05) is 25.7 Å². The molecule has 19 heavy (non-hydrogen) atoms. The van der Waals surface area contributed by atoms with E-state index in [1.165, 1.54) is 63.5 Å². The Balaban J connectivity index is 1.58. The molecular formula is C16H25ClN2. The molecule has 1 aromatic heterocycles. The quantitative estimate of drug-likeness (QED) is 0.732. The van der Waals surface area contributed by atoms with Crippen LogP contribution in [-0.4, -0.2) is 15.2 Å². The minimum atomic E-state index is 0.402. The Labute approximate surface area is 121 Å². The molecule has 2 saturated carbocycles. The number of hydrogen-bond donors (Lipinski definition) is 0. The summed E-state index contributed by atoms with van der Waals surface area (Å²) in [4.78, 5) is 0. The Morgan fingerprint density at radius 1 is 1.11 bits per heavy atom. The Kier molecular flexibility index (Phi) is 4.47. The second kappa shape index (κ2) is 6.30. The smallest absolute Gasteiger partial charge is 0.0627 e. The summed E-state index contributed by atoms with van der Waals surface area (Å²) in [5.74, 6) is 0.756. The minimum absolute atomic E-state index is 0.402.